The highest BCUT2D eigenvalue weighted by atomic mass is 35.5. The number of carbonyl (C=O) groups is 2. The topological polar surface area (TPSA) is 102 Å². The Morgan fingerprint density at radius 3 is 2.74 bits per heavy atom. The fourth-order valence-electron chi connectivity index (χ4n) is 1.45. The van der Waals surface area contributed by atoms with E-state index in [1.165, 1.54) is 31.2 Å². The van der Waals surface area contributed by atoms with Gasteiger partial charge in [-0.15, -0.1) is 6.42 Å². The Bertz CT molecular complexity index is 727. The summed E-state index contributed by atoms with van der Waals surface area (Å²) in [5.41, 5.74) is 0. The molecule has 0 saturated heterocycles. The summed E-state index contributed by atoms with van der Waals surface area (Å²) in [7, 11) is -3.94. The van der Waals surface area contributed by atoms with Crippen molar-refractivity contribution in [3.05, 3.63) is 29.3 Å². The van der Waals surface area contributed by atoms with Crippen LogP contribution in [-0.2, 0) is 24.3 Å². The quantitative estimate of drug-likeness (QED) is 0.539. The number of nitrogens with one attached hydrogen (secondary N) is 2. The Morgan fingerprint density at radius 1 is 1.43 bits per heavy atom. The highest BCUT2D eigenvalue weighted by Crippen LogP contribution is 2.15. The highest BCUT2D eigenvalue weighted by molar-refractivity contribution is 7.89. The standard InChI is InChI=1S/C14H15ClN2O5S/c1-3-7-16-13(18)9-22-14(19)10(2)17-23(20,21)12-6-4-5-11(15)8-12/h1,4-6,8,10,17H,7,9H2,2H3,(H,16,18)/t10-/m0/s1. The van der Waals surface area contributed by atoms with Crippen LogP contribution in [0, 0.1) is 12.3 Å². The van der Waals surface area contributed by atoms with Crippen LogP contribution in [0.15, 0.2) is 29.2 Å². The molecule has 1 atom stereocenters. The molecule has 0 aliphatic carbocycles. The molecule has 0 bridgehead atoms. The van der Waals surface area contributed by atoms with Crippen molar-refractivity contribution in [2.75, 3.05) is 13.2 Å². The van der Waals surface area contributed by atoms with Crippen LogP contribution >= 0.6 is 11.6 Å². The van der Waals surface area contributed by atoms with Gasteiger partial charge < -0.3 is 10.1 Å². The molecule has 0 aliphatic heterocycles. The normalized spacial score (nSPS) is 12.0. The molecule has 0 aliphatic rings. The van der Waals surface area contributed by atoms with Gasteiger partial charge in [0.2, 0.25) is 10.0 Å². The van der Waals surface area contributed by atoms with E-state index in [-0.39, 0.29) is 16.5 Å². The molecule has 7 nitrogen and oxygen atoms in total. The Labute approximate surface area is 139 Å². The van der Waals surface area contributed by atoms with Crippen LogP contribution in [0.3, 0.4) is 0 Å². The van der Waals surface area contributed by atoms with Crippen molar-refractivity contribution in [3.63, 3.8) is 0 Å². The third kappa shape index (κ3) is 6.28. The number of carbonyl (C=O) groups excluding carboxylic acids is 2. The molecule has 2 N–H and O–H groups in total. The van der Waals surface area contributed by atoms with Gasteiger partial charge in [-0.2, -0.15) is 4.72 Å². The predicted octanol–water partition coefficient (Wildman–Crippen LogP) is 0.299. The minimum Gasteiger partial charge on any atom is -0.454 e. The predicted molar refractivity (Wildman–Crippen MR) is 84.0 cm³/mol. The smallest absolute Gasteiger partial charge is 0.324 e. The molecular weight excluding hydrogens is 344 g/mol. The SMILES string of the molecule is C#CCNC(=O)COC(=O)[C@H](C)NS(=O)(=O)c1cccc(Cl)c1. The lowest BCUT2D eigenvalue weighted by Gasteiger charge is -2.13. The zero-order valence-electron chi connectivity index (χ0n) is 12.2. The van der Waals surface area contributed by atoms with Crippen LogP contribution in [0.4, 0.5) is 0 Å². The maximum atomic E-state index is 12.1. The molecule has 0 radical (unpaired) electrons. The largest absolute Gasteiger partial charge is 0.454 e. The first-order valence-corrected chi connectivity index (χ1v) is 8.27. The number of ether oxygens (including phenoxy) is 1. The molecule has 0 spiro atoms. The van der Waals surface area contributed by atoms with Crippen LogP contribution in [0.25, 0.3) is 0 Å². The zero-order chi connectivity index (χ0) is 17.5. The fraction of sp³-hybridized carbons (Fsp3) is 0.286. The number of terminal acetylenes is 1. The number of benzene rings is 1. The van der Waals surface area contributed by atoms with E-state index in [9.17, 15) is 18.0 Å². The molecule has 1 amide bonds. The Hall–Kier alpha value is -2.08. The summed E-state index contributed by atoms with van der Waals surface area (Å²) in [5, 5.41) is 2.55. The lowest BCUT2D eigenvalue weighted by atomic mass is 10.4. The first-order chi connectivity index (χ1) is 10.8. The third-order valence-corrected chi connectivity index (χ3v) is 4.30. The van der Waals surface area contributed by atoms with E-state index in [1.807, 2.05) is 0 Å². The lowest BCUT2D eigenvalue weighted by molar-refractivity contribution is -0.149. The average Bonchev–Trinajstić information content (AvgIpc) is 2.50. The Kier molecular flexibility index (Phi) is 7.03. The fourth-order valence-corrected chi connectivity index (χ4v) is 2.94. The van der Waals surface area contributed by atoms with Crippen molar-refractivity contribution in [3.8, 4) is 12.3 Å². The van der Waals surface area contributed by atoms with Gasteiger partial charge in [0.1, 0.15) is 6.04 Å². The number of rotatable bonds is 7. The minimum atomic E-state index is -3.94. The van der Waals surface area contributed by atoms with Crippen LogP contribution in [0.5, 0.6) is 0 Å². The van der Waals surface area contributed by atoms with Gasteiger partial charge in [0.05, 0.1) is 11.4 Å². The van der Waals surface area contributed by atoms with Crippen LogP contribution in [-0.4, -0.2) is 39.5 Å². The molecule has 1 aromatic carbocycles. The summed E-state index contributed by atoms with van der Waals surface area (Å²) < 4.78 is 31.0. The maximum absolute atomic E-state index is 12.1. The molecule has 0 fully saturated rings. The summed E-state index contributed by atoms with van der Waals surface area (Å²) in [6.45, 7) is 0.751. The van der Waals surface area contributed by atoms with Crippen molar-refractivity contribution in [2.24, 2.45) is 0 Å². The van der Waals surface area contributed by atoms with Crippen molar-refractivity contribution < 1.29 is 22.7 Å². The number of halogens is 1. The van der Waals surface area contributed by atoms with Gasteiger partial charge in [-0.3, -0.25) is 9.59 Å². The van der Waals surface area contributed by atoms with Crippen molar-refractivity contribution in [1.82, 2.24) is 10.0 Å². The van der Waals surface area contributed by atoms with Crippen molar-refractivity contribution >= 4 is 33.5 Å². The van der Waals surface area contributed by atoms with E-state index < -0.39 is 34.5 Å². The highest BCUT2D eigenvalue weighted by Gasteiger charge is 2.23. The summed E-state index contributed by atoms with van der Waals surface area (Å²) >= 11 is 5.73. The minimum absolute atomic E-state index is 0.00727. The third-order valence-electron chi connectivity index (χ3n) is 2.53. The van der Waals surface area contributed by atoms with Gasteiger partial charge in [-0.1, -0.05) is 23.6 Å². The van der Waals surface area contributed by atoms with Crippen LogP contribution in [0.1, 0.15) is 6.92 Å². The van der Waals surface area contributed by atoms with Crippen LogP contribution < -0.4 is 10.0 Å². The van der Waals surface area contributed by atoms with E-state index in [2.05, 4.69) is 16.0 Å². The van der Waals surface area contributed by atoms with Crippen LogP contribution in [0.2, 0.25) is 5.02 Å². The van der Waals surface area contributed by atoms with Gasteiger partial charge in [-0.25, -0.2) is 8.42 Å². The molecule has 0 saturated carbocycles. The average molecular weight is 359 g/mol. The number of sulfonamides is 1. The molecule has 124 valence electrons. The first-order valence-electron chi connectivity index (χ1n) is 6.41. The summed E-state index contributed by atoms with van der Waals surface area (Å²) in [6, 6.07) is 4.39. The molecule has 1 rings (SSSR count). The second-order valence-corrected chi connectivity index (χ2v) is 6.54. The van der Waals surface area contributed by atoms with E-state index >= 15 is 0 Å². The zero-order valence-corrected chi connectivity index (χ0v) is 13.8. The summed E-state index contributed by atoms with van der Waals surface area (Å²) in [6.07, 6.45) is 4.96. The first kappa shape index (κ1) is 19.0. The van der Waals surface area contributed by atoms with E-state index in [4.69, 9.17) is 22.8 Å². The van der Waals surface area contributed by atoms with Gasteiger partial charge in [0.25, 0.3) is 5.91 Å². The Morgan fingerprint density at radius 2 is 2.13 bits per heavy atom. The van der Waals surface area contributed by atoms with Gasteiger partial charge >= 0.3 is 5.97 Å². The molecule has 0 unspecified atom stereocenters. The van der Waals surface area contributed by atoms with Gasteiger partial charge in [-0.05, 0) is 25.1 Å². The second kappa shape index (κ2) is 8.53. The van der Waals surface area contributed by atoms with E-state index in [0.717, 1.165) is 0 Å². The Balaban J connectivity index is 2.61. The molecule has 23 heavy (non-hydrogen) atoms. The van der Waals surface area contributed by atoms with Crippen molar-refractivity contribution in [2.45, 2.75) is 17.9 Å². The number of amides is 1. The molecule has 0 heterocycles. The number of esters is 1. The maximum Gasteiger partial charge on any atom is 0.324 e. The summed E-state index contributed by atoms with van der Waals surface area (Å²) in [4.78, 5) is 22.9. The van der Waals surface area contributed by atoms with Gasteiger partial charge in [0, 0.05) is 5.02 Å². The molecule has 1 aromatic rings. The number of hydrogen-bond donors (Lipinski definition) is 2. The molecule has 0 aromatic heterocycles. The monoisotopic (exact) mass is 358 g/mol. The molecule has 9 heteroatoms. The van der Waals surface area contributed by atoms with E-state index in [1.54, 1.807) is 0 Å². The second-order valence-electron chi connectivity index (χ2n) is 4.39. The van der Waals surface area contributed by atoms with Crippen molar-refractivity contribution in [1.29, 1.82) is 0 Å². The summed E-state index contributed by atoms with van der Waals surface area (Å²) in [5.74, 6) is 0.709. The molecular formula is C14H15ClN2O5S. The number of hydrogen-bond acceptors (Lipinski definition) is 5. The van der Waals surface area contributed by atoms with Gasteiger partial charge in [0.15, 0.2) is 6.61 Å². The van der Waals surface area contributed by atoms with E-state index in [0.29, 0.717) is 0 Å². The lowest BCUT2D eigenvalue weighted by Crippen LogP contribution is -2.40.